The number of hydrogen-bond donors (Lipinski definition) is 2. The summed E-state index contributed by atoms with van der Waals surface area (Å²) in [5.74, 6) is 0.342. The van der Waals surface area contributed by atoms with E-state index in [0.717, 1.165) is 23.8 Å². The second-order valence-corrected chi connectivity index (χ2v) is 7.64. The van der Waals surface area contributed by atoms with Crippen molar-refractivity contribution < 1.29 is 14.6 Å². The second kappa shape index (κ2) is 7.48. The van der Waals surface area contributed by atoms with Gasteiger partial charge in [0.25, 0.3) is 0 Å². The van der Waals surface area contributed by atoms with Crippen LogP contribution in [0.4, 0.5) is 5.82 Å². The van der Waals surface area contributed by atoms with E-state index >= 15 is 0 Å². The van der Waals surface area contributed by atoms with Gasteiger partial charge in [-0.1, -0.05) is 0 Å². The first kappa shape index (κ1) is 17.7. The summed E-state index contributed by atoms with van der Waals surface area (Å²) >= 11 is 1.17. The number of carboxylic acid groups (broad SMARTS) is 1. The highest BCUT2D eigenvalue weighted by atomic mass is 32.1. The maximum atomic E-state index is 11.4. The Bertz CT molecular complexity index is 982. The zero-order valence-corrected chi connectivity index (χ0v) is 15.8. The van der Waals surface area contributed by atoms with Gasteiger partial charge in [0.05, 0.1) is 5.39 Å². The number of carboxylic acids is 1. The molecule has 0 aromatic carbocycles. The maximum absolute atomic E-state index is 11.4. The van der Waals surface area contributed by atoms with E-state index in [-0.39, 0.29) is 6.10 Å². The standard InChI is InChI=1S/C19H20N4O3S/c1-11-15-17(22-10-23-18(15)27-16(11)19(24)25)21-9-12-6-7-20-14(8-12)26-13-4-2-3-5-13/h6-8,10,13H,2-5,9H2,1H3,(H,24,25)(H,21,22,23). The van der Waals surface area contributed by atoms with E-state index in [4.69, 9.17) is 4.74 Å². The van der Waals surface area contributed by atoms with Crippen molar-refractivity contribution in [1.29, 1.82) is 0 Å². The lowest BCUT2D eigenvalue weighted by Crippen LogP contribution is -2.12. The summed E-state index contributed by atoms with van der Waals surface area (Å²) in [5, 5.41) is 13.4. The number of nitrogens with one attached hydrogen (secondary N) is 1. The van der Waals surface area contributed by atoms with Crippen molar-refractivity contribution in [2.45, 2.75) is 45.3 Å². The van der Waals surface area contributed by atoms with Gasteiger partial charge in [-0.2, -0.15) is 0 Å². The van der Waals surface area contributed by atoms with Crippen LogP contribution in [-0.2, 0) is 6.54 Å². The molecule has 0 amide bonds. The average molecular weight is 384 g/mol. The molecule has 0 radical (unpaired) electrons. The van der Waals surface area contributed by atoms with Gasteiger partial charge in [0.15, 0.2) is 0 Å². The van der Waals surface area contributed by atoms with E-state index in [1.807, 2.05) is 12.1 Å². The van der Waals surface area contributed by atoms with Crippen LogP contribution < -0.4 is 10.1 Å². The first-order valence-electron chi connectivity index (χ1n) is 8.94. The fraction of sp³-hybridized carbons (Fsp3) is 0.368. The molecule has 3 aromatic heterocycles. The van der Waals surface area contributed by atoms with Crippen molar-refractivity contribution in [3.63, 3.8) is 0 Å². The highest BCUT2D eigenvalue weighted by Crippen LogP contribution is 2.33. The molecular formula is C19H20N4O3S. The highest BCUT2D eigenvalue weighted by molar-refractivity contribution is 7.20. The molecule has 1 aliphatic carbocycles. The molecule has 2 N–H and O–H groups in total. The first-order chi connectivity index (χ1) is 13.1. The van der Waals surface area contributed by atoms with Crippen molar-refractivity contribution in [3.8, 4) is 5.88 Å². The highest BCUT2D eigenvalue weighted by Gasteiger charge is 2.19. The van der Waals surface area contributed by atoms with Crippen LogP contribution in [0.2, 0.25) is 0 Å². The number of ether oxygens (including phenoxy) is 1. The minimum absolute atomic E-state index is 0.269. The van der Waals surface area contributed by atoms with Gasteiger partial charge in [0.2, 0.25) is 5.88 Å². The van der Waals surface area contributed by atoms with Crippen LogP contribution in [0.15, 0.2) is 24.7 Å². The normalized spacial score (nSPS) is 14.6. The smallest absolute Gasteiger partial charge is 0.346 e. The van der Waals surface area contributed by atoms with E-state index in [0.29, 0.717) is 33.5 Å². The molecule has 8 heteroatoms. The lowest BCUT2D eigenvalue weighted by molar-refractivity contribution is 0.0701. The molecule has 3 aromatic rings. The summed E-state index contributed by atoms with van der Waals surface area (Å²) in [6.07, 6.45) is 8.08. The molecule has 0 aliphatic heterocycles. The van der Waals surface area contributed by atoms with Crippen LogP contribution >= 0.6 is 11.3 Å². The van der Waals surface area contributed by atoms with E-state index in [2.05, 4.69) is 20.3 Å². The number of aryl methyl sites for hydroxylation is 1. The molecule has 1 saturated carbocycles. The number of aromatic carboxylic acids is 1. The molecule has 0 saturated heterocycles. The summed E-state index contributed by atoms with van der Waals surface area (Å²) in [6, 6.07) is 3.86. The van der Waals surface area contributed by atoms with Gasteiger partial charge in [0, 0.05) is 18.8 Å². The number of aromatic nitrogens is 3. The van der Waals surface area contributed by atoms with Crippen molar-refractivity contribution in [1.82, 2.24) is 15.0 Å². The molecule has 1 fully saturated rings. The zero-order chi connectivity index (χ0) is 18.8. The molecule has 140 valence electrons. The van der Waals surface area contributed by atoms with E-state index < -0.39 is 5.97 Å². The number of fused-ring (bicyclic) bond motifs is 1. The Kier molecular flexibility index (Phi) is 4.89. The van der Waals surface area contributed by atoms with Crippen LogP contribution in [-0.4, -0.2) is 32.1 Å². The Hall–Kier alpha value is -2.74. The van der Waals surface area contributed by atoms with E-state index in [1.165, 1.54) is 30.5 Å². The lowest BCUT2D eigenvalue weighted by Gasteiger charge is -2.13. The molecule has 1 aliphatic rings. The van der Waals surface area contributed by atoms with Gasteiger partial charge < -0.3 is 15.2 Å². The Morgan fingerprint density at radius 3 is 2.93 bits per heavy atom. The summed E-state index contributed by atoms with van der Waals surface area (Å²) in [5.41, 5.74) is 1.71. The van der Waals surface area contributed by atoms with Crippen molar-refractivity contribution in [2.75, 3.05) is 5.32 Å². The number of pyridine rings is 1. The summed E-state index contributed by atoms with van der Waals surface area (Å²) in [7, 11) is 0. The van der Waals surface area contributed by atoms with Crippen LogP contribution in [0, 0.1) is 6.92 Å². The predicted molar refractivity (Wildman–Crippen MR) is 104 cm³/mol. The van der Waals surface area contributed by atoms with E-state index in [9.17, 15) is 9.90 Å². The SMILES string of the molecule is Cc1c(C(=O)O)sc2ncnc(NCc3ccnc(OC4CCCC4)c3)c12. The van der Waals surface area contributed by atoms with Gasteiger partial charge in [0.1, 0.15) is 28.0 Å². The third-order valence-corrected chi connectivity index (χ3v) is 5.96. The van der Waals surface area contributed by atoms with Gasteiger partial charge in [-0.05, 0) is 49.8 Å². The van der Waals surface area contributed by atoms with Gasteiger partial charge in [-0.3, -0.25) is 0 Å². The average Bonchev–Trinajstić information content (AvgIpc) is 3.28. The number of hydrogen-bond acceptors (Lipinski definition) is 7. The Balaban J connectivity index is 1.52. The van der Waals surface area contributed by atoms with Crippen LogP contribution in [0.25, 0.3) is 10.2 Å². The zero-order valence-electron chi connectivity index (χ0n) is 14.9. The molecule has 0 bridgehead atoms. The van der Waals surface area contributed by atoms with Crippen molar-refractivity contribution in [2.24, 2.45) is 0 Å². The number of thiophene rings is 1. The van der Waals surface area contributed by atoms with Crippen molar-refractivity contribution >= 4 is 33.3 Å². The molecule has 7 nitrogen and oxygen atoms in total. The van der Waals surface area contributed by atoms with E-state index in [1.54, 1.807) is 13.1 Å². The molecule has 0 unspecified atom stereocenters. The van der Waals surface area contributed by atoms with Crippen LogP contribution in [0.1, 0.15) is 46.5 Å². The molecule has 3 heterocycles. The largest absolute Gasteiger partial charge is 0.477 e. The third kappa shape index (κ3) is 3.71. The monoisotopic (exact) mass is 384 g/mol. The van der Waals surface area contributed by atoms with Gasteiger partial charge in [-0.25, -0.2) is 19.7 Å². The Morgan fingerprint density at radius 2 is 2.15 bits per heavy atom. The van der Waals surface area contributed by atoms with Crippen LogP contribution in [0.5, 0.6) is 5.88 Å². The molecule has 0 spiro atoms. The third-order valence-electron chi connectivity index (χ3n) is 4.77. The minimum atomic E-state index is -0.940. The maximum Gasteiger partial charge on any atom is 0.346 e. The van der Waals surface area contributed by atoms with Gasteiger partial charge in [-0.15, -0.1) is 11.3 Å². The molecular weight excluding hydrogens is 364 g/mol. The number of rotatable bonds is 6. The number of anilines is 1. The van der Waals surface area contributed by atoms with Crippen molar-refractivity contribution in [3.05, 3.63) is 40.7 Å². The number of carbonyl (C=O) groups is 1. The lowest BCUT2D eigenvalue weighted by atomic mass is 10.2. The molecule has 27 heavy (non-hydrogen) atoms. The minimum Gasteiger partial charge on any atom is -0.477 e. The Labute approximate surface area is 160 Å². The summed E-state index contributed by atoms with van der Waals surface area (Å²) in [6.45, 7) is 2.32. The molecule has 0 atom stereocenters. The van der Waals surface area contributed by atoms with Gasteiger partial charge >= 0.3 is 5.97 Å². The quantitative estimate of drug-likeness (QED) is 0.662. The topological polar surface area (TPSA) is 97.2 Å². The predicted octanol–water partition coefficient (Wildman–Crippen LogP) is 4.03. The second-order valence-electron chi connectivity index (χ2n) is 6.64. The summed E-state index contributed by atoms with van der Waals surface area (Å²) in [4.78, 5) is 25.2. The number of nitrogens with zero attached hydrogens (tertiary/aromatic N) is 3. The fourth-order valence-corrected chi connectivity index (χ4v) is 4.38. The van der Waals surface area contributed by atoms with Crippen LogP contribution in [0.3, 0.4) is 0 Å². The summed E-state index contributed by atoms with van der Waals surface area (Å²) < 4.78 is 5.96. The Morgan fingerprint density at radius 1 is 1.33 bits per heavy atom. The molecule has 4 rings (SSSR count). The first-order valence-corrected chi connectivity index (χ1v) is 9.76. The fourth-order valence-electron chi connectivity index (χ4n) is 3.40.